The van der Waals surface area contributed by atoms with Crippen LogP contribution in [0.25, 0.3) is 0 Å². The highest BCUT2D eigenvalue weighted by Crippen LogP contribution is 2.49. The van der Waals surface area contributed by atoms with Crippen LogP contribution in [0.15, 0.2) is 42.9 Å². The molecule has 1 N–H and O–H groups in total. The van der Waals surface area contributed by atoms with Crippen LogP contribution in [0.2, 0.25) is 0 Å². The van der Waals surface area contributed by atoms with E-state index in [1.807, 2.05) is 24.3 Å². The van der Waals surface area contributed by atoms with Crippen LogP contribution in [0, 0.1) is 5.92 Å². The molecule has 1 saturated carbocycles. The predicted octanol–water partition coefficient (Wildman–Crippen LogP) is 1.29. The summed E-state index contributed by atoms with van der Waals surface area (Å²) in [6.45, 7) is 3.64. The lowest BCUT2D eigenvalue weighted by atomic mass is 9.81. The third kappa shape index (κ3) is 3.47. The Kier molecular flexibility index (Phi) is 5.41. The van der Waals surface area contributed by atoms with Crippen LogP contribution in [0.5, 0.6) is 0 Å². The van der Waals surface area contributed by atoms with Crippen molar-refractivity contribution >= 4 is 5.95 Å². The number of rotatable bonds is 4. The summed E-state index contributed by atoms with van der Waals surface area (Å²) in [4.78, 5) is 17.8. The topological polar surface area (TPSA) is 83.8 Å². The lowest BCUT2D eigenvalue weighted by Gasteiger charge is -2.47. The molecule has 4 heterocycles. The molecule has 3 fully saturated rings. The number of aromatic nitrogens is 3. The minimum absolute atomic E-state index is 0.00870. The van der Waals surface area contributed by atoms with E-state index >= 15 is 0 Å². The first-order chi connectivity index (χ1) is 14.7. The van der Waals surface area contributed by atoms with Crippen molar-refractivity contribution in [3.05, 3.63) is 48.5 Å². The standard InChI is InChI=1S/C22H29N5O3/c1-29-19-14-16-13-18(17-5-2-3-6-23-17)30-15-22(16,28)20(19)26-9-11-27(12-10-26)21-24-7-4-8-25-21/h2-8,16,18-20,28H,9-15H2,1H3/t16-,18+,19-,20+,22+/m0/s1. The zero-order valence-corrected chi connectivity index (χ0v) is 17.3. The van der Waals surface area contributed by atoms with Crippen molar-refractivity contribution < 1.29 is 14.6 Å². The minimum atomic E-state index is -0.905. The molecule has 1 aliphatic carbocycles. The number of ether oxygens (including phenoxy) is 2. The van der Waals surface area contributed by atoms with Gasteiger partial charge in [-0.05, 0) is 37.0 Å². The van der Waals surface area contributed by atoms with Crippen molar-refractivity contribution in [1.29, 1.82) is 0 Å². The van der Waals surface area contributed by atoms with Gasteiger partial charge in [0.1, 0.15) is 5.60 Å². The van der Waals surface area contributed by atoms with Crippen molar-refractivity contribution in [2.75, 3.05) is 44.8 Å². The van der Waals surface area contributed by atoms with Gasteiger partial charge in [-0.3, -0.25) is 9.88 Å². The van der Waals surface area contributed by atoms with Crippen molar-refractivity contribution in [2.24, 2.45) is 5.92 Å². The second-order valence-corrected chi connectivity index (χ2v) is 8.50. The average molecular weight is 412 g/mol. The Bertz CT molecular complexity index is 833. The SMILES string of the molecule is CO[C@H]1C[C@@H]2C[C@H](c3ccccn3)OC[C@]2(O)[C@@H]1N1CCN(c2ncccn2)CC1. The zero-order chi connectivity index (χ0) is 20.6. The van der Waals surface area contributed by atoms with Gasteiger partial charge in [0.15, 0.2) is 0 Å². The fourth-order valence-corrected chi connectivity index (χ4v) is 5.44. The van der Waals surface area contributed by atoms with Crippen LogP contribution in [-0.4, -0.2) is 82.6 Å². The van der Waals surface area contributed by atoms with Crippen LogP contribution in [0.3, 0.4) is 0 Å². The molecule has 0 radical (unpaired) electrons. The maximum absolute atomic E-state index is 11.8. The van der Waals surface area contributed by atoms with E-state index in [9.17, 15) is 5.11 Å². The van der Waals surface area contributed by atoms with E-state index < -0.39 is 5.60 Å². The molecule has 160 valence electrons. The highest BCUT2D eigenvalue weighted by atomic mass is 16.5. The van der Waals surface area contributed by atoms with Crippen molar-refractivity contribution in [2.45, 2.75) is 36.7 Å². The van der Waals surface area contributed by atoms with Crippen molar-refractivity contribution in [1.82, 2.24) is 19.9 Å². The van der Waals surface area contributed by atoms with Crippen LogP contribution < -0.4 is 4.90 Å². The highest BCUT2D eigenvalue weighted by Gasteiger charge is 2.59. The van der Waals surface area contributed by atoms with Crippen LogP contribution in [-0.2, 0) is 9.47 Å². The summed E-state index contributed by atoms with van der Waals surface area (Å²) in [5.74, 6) is 0.895. The third-order valence-corrected chi connectivity index (χ3v) is 6.97. The number of aliphatic hydroxyl groups is 1. The Hall–Kier alpha value is -2.13. The number of methoxy groups -OCH3 is 1. The average Bonchev–Trinajstić information content (AvgIpc) is 3.11. The molecule has 8 nitrogen and oxygen atoms in total. The molecule has 0 spiro atoms. The molecule has 30 heavy (non-hydrogen) atoms. The van der Waals surface area contributed by atoms with Gasteiger partial charge < -0.3 is 19.5 Å². The lowest BCUT2D eigenvalue weighted by Crippen LogP contribution is -2.63. The molecule has 0 amide bonds. The van der Waals surface area contributed by atoms with Gasteiger partial charge in [-0.2, -0.15) is 0 Å². The number of nitrogens with zero attached hydrogens (tertiary/aromatic N) is 5. The number of anilines is 1. The van der Waals surface area contributed by atoms with Gasteiger partial charge in [0, 0.05) is 51.9 Å². The Labute approximate surface area is 176 Å². The molecule has 2 aliphatic heterocycles. The number of pyridine rings is 1. The number of piperazine rings is 1. The summed E-state index contributed by atoms with van der Waals surface area (Å²) < 4.78 is 12.0. The highest BCUT2D eigenvalue weighted by molar-refractivity contribution is 5.29. The van der Waals surface area contributed by atoms with E-state index in [1.165, 1.54) is 0 Å². The smallest absolute Gasteiger partial charge is 0.225 e. The molecule has 0 bridgehead atoms. The molecular formula is C22H29N5O3. The summed E-state index contributed by atoms with van der Waals surface area (Å²) in [6.07, 6.45) is 6.87. The normalized spacial score (nSPS) is 34.7. The van der Waals surface area contributed by atoms with Gasteiger partial charge in [0.2, 0.25) is 5.95 Å². The van der Waals surface area contributed by atoms with E-state index in [0.717, 1.165) is 50.7 Å². The quantitative estimate of drug-likeness (QED) is 0.806. The Balaban J connectivity index is 1.30. The summed E-state index contributed by atoms with van der Waals surface area (Å²) in [5, 5.41) is 11.8. The van der Waals surface area contributed by atoms with Crippen LogP contribution in [0.1, 0.15) is 24.6 Å². The second kappa shape index (κ2) is 8.19. The van der Waals surface area contributed by atoms with E-state index in [-0.39, 0.29) is 24.2 Å². The fraction of sp³-hybridized carbons (Fsp3) is 0.591. The van der Waals surface area contributed by atoms with Gasteiger partial charge in [-0.25, -0.2) is 9.97 Å². The van der Waals surface area contributed by atoms with Crippen molar-refractivity contribution in [3.8, 4) is 0 Å². The van der Waals surface area contributed by atoms with Crippen LogP contribution in [0.4, 0.5) is 5.95 Å². The fourth-order valence-electron chi connectivity index (χ4n) is 5.44. The minimum Gasteiger partial charge on any atom is -0.385 e. The van der Waals surface area contributed by atoms with Gasteiger partial charge in [0.05, 0.1) is 30.6 Å². The Morgan fingerprint density at radius 1 is 1.03 bits per heavy atom. The zero-order valence-electron chi connectivity index (χ0n) is 17.3. The molecule has 2 aromatic heterocycles. The lowest BCUT2D eigenvalue weighted by molar-refractivity contribution is -0.175. The predicted molar refractivity (Wildman–Crippen MR) is 111 cm³/mol. The Morgan fingerprint density at radius 2 is 1.80 bits per heavy atom. The molecule has 2 saturated heterocycles. The molecule has 3 aliphatic rings. The summed E-state index contributed by atoms with van der Waals surface area (Å²) in [6, 6.07) is 7.65. The molecule has 0 unspecified atom stereocenters. The molecule has 0 aromatic carbocycles. The third-order valence-electron chi connectivity index (χ3n) is 6.97. The first kappa shape index (κ1) is 19.8. The number of fused-ring (bicyclic) bond motifs is 1. The molecule has 5 atom stereocenters. The summed E-state index contributed by atoms with van der Waals surface area (Å²) in [5.41, 5.74) is 0.0330. The molecular weight excluding hydrogens is 382 g/mol. The van der Waals surface area contributed by atoms with Gasteiger partial charge in [-0.1, -0.05) is 6.07 Å². The second-order valence-electron chi connectivity index (χ2n) is 8.50. The number of hydrogen-bond acceptors (Lipinski definition) is 8. The van der Waals surface area contributed by atoms with E-state index in [0.29, 0.717) is 6.61 Å². The van der Waals surface area contributed by atoms with Gasteiger partial charge in [0.25, 0.3) is 0 Å². The van der Waals surface area contributed by atoms with Gasteiger partial charge >= 0.3 is 0 Å². The summed E-state index contributed by atoms with van der Waals surface area (Å²) in [7, 11) is 1.75. The van der Waals surface area contributed by atoms with Crippen molar-refractivity contribution in [3.63, 3.8) is 0 Å². The van der Waals surface area contributed by atoms with E-state index in [4.69, 9.17) is 9.47 Å². The van der Waals surface area contributed by atoms with E-state index in [1.54, 1.807) is 25.7 Å². The maximum Gasteiger partial charge on any atom is 0.225 e. The molecule has 5 rings (SSSR count). The molecule has 2 aromatic rings. The largest absolute Gasteiger partial charge is 0.385 e. The first-order valence-electron chi connectivity index (χ1n) is 10.7. The number of hydrogen-bond donors (Lipinski definition) is 1. The molecule has 8 heteroatoms. The maximum atomic E-state index is 11.8. The monoisotopic (exact) mass is 411 g/mol. The van der Waals surface area contributed by atoms with E-state index in [2.05, 4.69) is 24.8 Å². The van der Waals surface area contributed by atoms with Gasteiger partial charge in [-0.15, -0.1) is 0 Å². The first-order valence-corrected chi connectivity index (χ1v) is 10.7. The van der Waals surface area contributed by atoms with Crippen LogP contribution >= 0.6 is 0 Å². The summed E-state index contributed by atoms with van der Waals surface area (Å²) >= 11 is 0. The Morgan fingerprint density at radius 3 is 2.50 bits per heavy atom.